The minimum absolute atomic E-state index is 0.0357. The molecule has 1 amide bonds. The molecule has 3 nitrogen and oxygen atoms in total. The summed E-state index contributed by atoms with van der Waals surface area (Å²) in [5.41, 5.74) is 0. The van der Waals surface area contributed by atoms with Gasteiger partial charge in [0.2, 0.25) is 0 Å². The number of hydrogen-bond donors (Lipinski definition) is 0. The molecule has 0 radical (unpaired) electrons. The maximum atomic E-state index is 12.2. The molecular formula is C16H21Cl2NO2. The quantitative estimate of drug-likeness (QED) is 0.818. The van der Waals surface area contributed by atoms with Crippen molar-refractivity contribution in [1.82, 2.24) is 4.90 Å². The number of benzene rings is 1. The van der Waals surface area contributed by atoms with Crippen molar-refractivity contribution >= 4 is 29.1 Å². The van der Waals surface area contributed by atoms with Gasteiger partial charge in [-0.1, -0.05) is 36.2 Å². The second-order valence-electron chi connectivity index (χ2n) is 5.76. The summed E-state index contributed by atoms with van der Waals surface area (Å²) in [5.74, 6) is 1.10. The first-order valence-electron chi connectivity index (χ1n) is 7.31. The lowest BCUT2D eigenvalue weighted by molar-refractivity contribution is -0.134. The van der Waals surface area contributed by atoms with Gasteiger partial charge in [0, 0.05) is 13.1 Å². The van der Waals surface area contributed by atoms with Crippen molar-refractivity contribution in [3.8, 4) is 5.75 Å². The Hall–Kier alpha value is -0.930. The molecule has 1 aliphatic rings. The van der Waals surface area contributed by atoms with E-state index < -0.39 is 0 Å². The normalized spacial score (nSPS) is 21.9. The molecule has 0 bridgehead atoms. The Labute approximate surface area is 136 Å². The predicted octanol–water partition coefficient (Wildman–Crippen LogP) is 4.41. The summed E-state index contributed by atoms with van der Waals surface area (Å²) in [5, 5.41) is 0.842. The smallest absolute Gasteiger partial charge is 0.260 e. The lowest BCUT2D eigenvalue weighted by atomic mass is 9.87. The van der Waals surface area contributed by atoms with Crippen molar-refractivity contribution in [3.63, 3.8) is 0 Å². The lowest BCUT2D eigenvalue weighted by Gasteiger charge is -2.33. The van der Waals surface area contributed by atoms with E-state index >= 15 is 0 Å². The Morgan fingerprint density at radius 2 is 1.81 bits per heavy atom. The second kappa shape index (κ2) is 7.37. The number of para-hydroxylation sites is 1. The van der Waals surface area contributed by atoms with Gasteiger partial charge in [-0.05, 0) is 43.7 Å². The summed E-state index contributed by atoms with van der Waals surface area (Å²) in [6.45, 7) is 2.23. The fourth-order valence-electron chi connectivity index (χ4n) is 2.69. The number of carbonyl (C=O) groups is 1. The molecule has 1 aliphatic carbocycles. The number of nitrogens with zero attached hydrogens (tertiary/aromatic N) is 1. The van der Waals surface area contributed by atoms with E-state index in [0.717, 1.165) is 18.8 Å². The van der Waals surface area contributed by atoms with Crippen LogP contribution < -0.4 is 4.74 Å². The van der Waals surface area contributed by atoms with Gasteiger partial charge in [-0.25, -0.2) is 0 Å². The lowest BCUT2D eigenvalue weighted by Crippen LogP contribution is -2.41. The standard InChI is InChI=1S/C16H21Cl2NO2/c1-11-6-8-12(9-7-11)19(2)15(20)10-21-16-13(17)4-3-5-14(16)18/h3-5,11-12H,6-10H2,1-2H3. The van der Waals surface area contributed by atoms with E-state index in [0.29, 0.717) is 21.8 Å². The van der Waals surface area contributed by atoms with E-state index in [4.69, 9.17) is 27.9 Å². The van der Waals surface area contributed by atoms with Crippen molar-refractivity contribution in [2.24, 2.45) is 5.92 Å². The number of hydrogen-bond acceptors (Lipinski definition) is 2. The molecule has 1 aromatic carbocycles. The summed E-state index contributed by atoms with van der Waals surface area (Å²) >= 11 is 12.0. The molecule has 0 saturated heterocycles. The molecule has 0 atom stereocenters. The Balaban J connectivity index is 1.89. The SMILES string of the molecule is CC1CCC(N(C)C(=O)COc2c(Cl)cccc2Cl)CC1. The highest BCUT2D eigenvalue weighted by Gasteiger charge is 2.25. The summed E-state index contributed by atoms with van der Waals surface area (Å²) in [4.78, 5) is 14.0. The number of ether oxygens (including phenoxy) is 1. The van der Waals surface area contributed by atoms with Crippen LogP contribution in [0.4, 0.5) is 0 Å². The first kappa shape index (κ1) is 16.4. The average Bonchev–Trinajstić information content (AvgIpc) is 2.46. The minimum atomic E-state index is -0.0365. The number of likely N-dealkylation sites (N-methyl/N-ethyl adjacent to an activating group) is 1. The average molecular weight is 330 g/mol. The highest BCUT2D eigenvalue weighted by atomic mass is 35.5. The van der Waals surface area contributed by atoms with E-state index in [1.54, 1.807) is 23.1 Å². The fourth-order valence-corrected chi connectivity index (χ4v) is 3.20. The molecular weight excluding hydrogens is 309 g/mol. The molecule has 0 aromatic heterocycles. The van der Waals surface area contributed by atoms with E-state index in [9.17, 15) is 4.79 Å². The maximum Gasteiger partial charge on any atom is 0.260 e. The van der Waals surface area contributed by atoms with Crippen LogP contribution in [0.25, 0.3) is 0 Å². The Kier molecular flexibility index (Phi) is 5.77. The van der Waals surface area contributed by atoms with E-state index in [2.05, 4.69) is 6.92 Å². The van der Waals surface area contributed by atoms with Crippen LogP contribution in [-0.2, 0) is 4.79 Å². The Morgan fingerprint density at radius 1 is 1.24 bits per heavy atom. The van der Waals surface area contributed by atoms with Gasteiger partial charge >= 0.3 is 0 Å². The molecule has 5 heteroatoms. The third-order valence-electron chi connectivity index (χ3n) is 4.19. The van der Waals surface area contributed by atoms with Gasteiger partial charge in [0.1, 0.15) is 0 Å². The van der Waals surface area contributed by atoms with Gasteiger partial charge in [-0.2, -0.15) is 0 Å². The van der Waals surface area contributed by atoms with E-state index in [1.165, 1.54) is 12.8 Å². The van der Waals surface area contributed by atoms with Crippen molar-refractivity contribution in [1.29, 1.82) is 0 Å². The first-order chi connectivity index (χ1) is 9.99. The molecule has 0 heterocycles. The zero-order valence-electron chi connectivity index (χ0n) is 12.4. The molecule has 116 valence electrons. The zero-order chi connectivity index (χ0) is 15.4. The van der Waals surface area contributed by atoms with Crippen molar-refractivity contribution in [3.05, 3.63) is 28.2 Å². The molecule has 0 N–H and O–H groups in total. The summed E-state index contributed by atoms with van der Waals surface area (Å²) in [6.07, 6.45) is 4.49. The van der Waals surface area contributed by atoms with Crippen LogP contribution in [0.1, 0.15) is 32.6 Å². The molecule has 1 fully saturated rings. The zero-order valence-corrected chi connectivity index (χ0v) is 14.0. The van der Waals surface area contributed by atoms with Crippen LogP contribution in [-0.4, -0.2) is 30.5 Å². The second-order valence-corrected chi connectivity index (χ2v) is 6.57. The van der Waals surface area contributed by atoms with Gasteiger partial charge in [0.15, 0.2) is 12.4 Å². The number of halogens is 2. The highest BCUT2D eigenvalue weighted by molar-refractivity contribution is 6.37. The third-order valence-corrected chi connectivity index (χ3v) is 4.78. The molecule has 2 rings (SSSR count). The maximum absolute atomic E-state index is 12.2. The van der Waals surface area contributed by atoms with Gasteiger partial charge in [0.05, 0.1) is 10.0 Å². The monoisotopic (exact) mass is 329 g/mol. The van der Waals surface area contributed by atoms with E-state index in [1.807, 2.05) is 7.05 Å². The summed E-state index contributed by atoms with van der Waals surface area (Å²) in [6, 6.07) is 5.45. The van der Waals surface area contributed by atoms with Crippen LogP contribution in [0.15, 0.2) is 18.2 Å². The van der Waals surface area contributed by atoms with Gasteiger partial charge < -0.3 is 9.64 Å². The Bertz CT molecular complexity index is 479. The largest absolute Gasteiger partial charge is 0.481 e. The number of rotatable bonds is 4. The van der Waals surface area contributed by atoms with Crippen LogP contribution >= 0.6 is 23.2 Å². The van der Waals surface area contributed by atoms with Gasteiger partial charge in [-0.15, -0.1) is 0 Å². The van der Waals surface area contributed by atoms with Crippen LogP contribution in [0.2, 0.25) is 10.0 Å². The Morgan fingerprint density at radius 3 is 2.38 bits per heavy atom. The van der Waals surface area contributed by atoms with Crippen LogP contribution in [0.5, 0.6) is 5.75 Å². The number of carbonyl (C=O) groups excluding carboxylic acids is 1. The molecule has 1 aromatic rings. The summed E-state index contributed by atoms with van der Waals surface area (Å²) < 4.78 is 5.51. The first-order valence-corrected chi connectivity index (χ1v) is 8.07. The van der Waals surface area contributed by atoms with Crippen LogP contribution in [0, 0.1) is 5.92 Å². The van der Waals surface area contributed by atoms with Crippen molar-refractivity contribution in [2.75, 3.05) is 13.7 Å². The predicted molar refractivity (Wildman–Crippen MR) is 86.1 cm³/mol. The minimum Gasteiger partial charge on any atom is -0.481 e. The van der Waals surface area contributed by atoms with Gasteiger partial charge in [-0.3, -0.25) is 4.79 Å². The fraction of sp³-hybridized carbons (Fsp3) is 0.562. The molecule has 0 spiro atoms. The van der Waals surface area contributed by atoms with Crippen molar-refractivity contribution < 1.29 is 9.53 Å². The number of amides is 1. The summed E-state index contributed by atoms with van der Waals surface area (Å²) in [7, 11) is 1.85. The topological polar surface area (TPSA) is 29.5 Å². The highest BCUT2D eigenvalue weighted by Crippen LogP contribution is 2.32. The van der Waals surface area contributed by atoms with Crippen LogP contribution in [0.3, 0.4) is 0 Å². The molecule has 0 aliphatic heterocycles. The molecule has 1 saturated carbocycles. The van der Waals surface area contributed by atoms with Gasteiger partial charge in [0.25, 0.3) is 5.91 Å². The molecule has 21 heavy (non-hydrogen) atoms. The third kappa shape index (κ3) is 4.27. The van der Waals surface area contributed by atoms with Crippen molar-refractivity contribution in [2.45, 2.75) is 38.6 Å². The van der Waals surface area contributed by atoms with E-state index in [-0.39, 0.29) is 12.5 Å². The molecule has 0 unspecified atom stereocenters.